The first-order valence-electron chi connectivity index (χ1n) is 4.80. The maximum atomic E-state index is 3.58. The number of rotatable bonds is 3. The van der Waals surface area contributed by atoms with E-state index in [4.69, 9.17) is 0 Å². The lowest BCUT2D eigenvalue weighted by Crippen LogP contribution is -2.27. The quantitative estimate of drug-likeness (QED) is 0.790. The molecule has 0 aromatic heterocycles. The van der Waals surface area contributed by atoms with E-state index >= 15 is 0 Å². The van der Waals surface area contributed by atoms with E-state index in [1.165, 1.54) is 23.5 Å². The van der Waals surface area contributed by atoms with Crippen molar-refractivity contribution < 1.29 is 0 Å². The Kier molecular flexibility index (Phi) is 3.27. The number of hydrogen-bond acceptors (Lipinski definition) is 2. The van der Waals surface area contributed by atoms with Gasteiger partial charge in [0.2, 0.25) is 0 Å². The fraction of sp³-hybridized carbons (Fsp3) is 0.455. The molecule has 1 fully saturated rings. The standard InChI is InChI=1S/C11H15NS/c1-2-4-10(5-3-1)8-12-11-6-7-13-9-11/h1-5,11-12H,6-9H2/t11-/m0/s1. The molecule has 0 unspecified atom stereocenters. The number of benzene rings is 1. The molecule has 70 valence electrons. The van der Waals surface area contributed by atoms with Crippen LogP contribution in [-0.4, -0.2) is 17.5 Å². The molecule has 1 aliphatic heterocycles. The van der Waals surface area contributed by atoms with E-state index in [0.717, 1.165) is 12.6 Å². The molecule has 1 aliphatic rings. The Morgan fingerprint density at radius 3 is 2.85 bits per heavy atom. The lowest BCUT2D eigenvalue weighted by molar-refractivity contribution is 0.558. The highest BCUT2D eigenvalue weighted by Gasteiger charge is 2.13. The minimum absolute atomic E-state index is 0.741. The number of hydrogen-bond donors (Lipinski definition) is 1. The fourth-order valence-electron chi connectivity index (χ4n) is 1.55. The first-order chi connectivity index (χ1) is 6.45. The molecule has 0 amide bonds. The lowest BCUT2D eigenvalue weighted by Gasteiger charge is -2.10. The summed E-state index contributed by atoms with van der Waals surface area (Å²) >= 11 is 2.05. The van der Waals surface area contributed by atoms with Crippen LogP contribution in [0.4, 0.5) is 0 Å². The summed E-state index contributed by atoms with van der Waals surface area (Å²) in [5.41, 5.74) is 1.39. The van der Waals surface area contributed by atoms with Gasteiger partial charge in [-0.05, 0) is 17.7 Å². The maximum absolute atomic E-state index is 3.58. The highest BCUT2D eigenvalue weighted by molar-refractivity contribution is 7.99. The minimum Gasteiger partial charge on any atom is -0.309 e. The van der Waals surface area contributed by atoms with E-state index in [2.05, 4.69) is 47.4 Å². The van der Waals surface area contributed by atoms with Gasteiger partial charge in [0.1, 0.15) is 0 Å². The van der Waals surface area contributed by atoms with Crippen molar-refractivity contribution >= 4 is 11.8 Å². The van der Waals surface area contributed by atoms with Gasteiger partial charge in [0.15, 0.2) is 0 Å². The zero-order valence-electron chi connectivity index (χ0n) is 7.70. The second-order valence-corrected chi connectivity index (χ2v) is 4.58. The van der Waals surface area contributed by atoms with Gasteiger partial charge in [0, 0.05) is 18.3 Å². The van der Waals surface area contributed by atoms with Gasteiger partial charge in [-0.2, -0.15) is 11.8 Å². The predicted octanol–water partition coefficient (Wildman–Crippen LogP) is 2.28. The van der Waals surface area contributed by atoms with Crippen molar-refractivity contribution in [2.24, 2.45) is 0 Å². The lowest BCUT2D eigenvalue weighted by atomic mass is 10.2. The monoisotopic (exact) mass is 193 g/mol. The Morgan fingerprint density at radius 1 is 1.31 bits per heavy atom. The summed E-state index contributed by atoms with van der Waals surface area (Å²) in [6.45, 7) is 1.02. The van der Waals surface area contributed by atoms with Gasteiger partial charge in [-0.1, -0.05) is 30.3 Å². The second-order valence-electron chi connectivity index (χ2n) is 3.43. The highest BCUT2D eigenvalue weighted by atomic mass is 32.2. The van der Waals surface area contributed by atoms with Gasteiger partial charge in [0.05, 0.1) is 0 Å². The van der Waals surface area contributed by atoms with Gasteiger partial charge in [-0.25, -0.2) is 0 Å². The first-order valence-corrected chi connectivity index (χ1v) is 5.96. The fourth-order valence-corrected chi connectivity index (χ4v) is 2.74. The molecular weight excluding hydrogens is 178 g/mol. The largest absolute Gasteiger partial charge is 0.309 e. The van der Waals surface area contributed by atoms with E-state index in [1.807, 2.05) is 0 Å². The molecule has 1 saturated heterocycles. The molecule has 0 saturated carbocycles. The van der Waals surface area contributed by atoms with Gasteiger partial charge in [0.25, 0.3) is 0 Å². The smallest absolute Gasteiger partial charge is 0.0208 e. The normalized spacial score (nSPS) is 22.0. The molecule has 0 bridgehead atoms. The second kappa shape index (κ2) is 4.68. The maximum Gasteiger partial charge on any atom is 0.0208 e. The van der Waals surface area contributed by atoms with Gasteiger partial charge in [-0.3, -0.25) is 0 Å². The van der Waals surface area contributed by atoms with Crippen LogP contribution in [-0.2, 0) is 6.54 Å². The van der Waals surface area contributed by atoms with Crippen molar-refractivity contribution in [3.8, 4) is 0 Å². The zero-order chi connectivity index (χ0) is 8.93. The molecule has 2 rings (SSSR count). The highest BCUT2D eigenvalue weighted by Crippen LogP contribution is 2.17. The van der Waals surface area contributed by atoms with Crippen LogP contribution in [0.2, 0.25) is 0 Å². The SMILES string of the molecule is c1ccc(CN[C@H]2CCSC2)cc1. The summed E-state index contributed by atoms with van der Waals surface area (Å²) in [5.74, 6) is 2.61. The van der Waals surface area contributed by atoms with Crippen molar-refractivity contribution in [3.05, 3.63) is 35.9 Å². The van der Waals surface area contributed by atoms with E-state index in [0.29, 0.717) is 0 Å². The predicted molar refractivity (Wildman–Crippen MR) is 59.0 cm³/mol. The third-order valence-corrected chi connectivity index (χ3v) is 3.53. The molecule has 1 nitrogen and oxygen atoms in total. The molecule has 1 aromatic carbocycles. The summed E-state index contributed by atoms with van der Waals surface area (Å²) in [4.78, 5) is 0. The molecule has 0 spiro atoms. The molecule has 1 aromatic rings. The Balaban J connectivity index is 1.79. The Labute approximate surface area is 83.9 Å². The molecular formula is C11H15NS. The average Bonchev–Trinajstić information content (AvgIpc) is 2.69. The molecule has 0 radical (unpaired) electrons. The van der Waals surface area contributed by atoms with Crippen LogP contribution in [0.1, 0.15) is 12.0 Å². The van der Waals surface area contributed by atoms with E-state index in [1.54, 1.807) is 0 Å². The average molecular weight is 193 g/mol. The van der Waals surface area contributed by atoms with Crippen LogP contribution < -0.4 is 5.32 Å². The third-order valence-electron chi connectivity index (χ3n) is 2.37. The van der Waals surface area contributed by atoms with Crippen LogP contribution >= 0.6 is 11.8 Å². The Morgan fingerprint density at radius 2 is 2.15 bits per heavy atom. The molecule has 0 aliphatic carbocycles. The summed E-state index contributed by atoms with van der Waals surface area (Å²) < 4.78 is 0. The van der Waals surface area contributed by atoms with Crippen LogP contribution in [0.5, 0.6) is 0 Å². The van der Waals surface area contributed by atoms with Crippen LogP contribution in [0, 0.1) is 0 Å². The van der Waals surface area contributed by atoms with Crippen molar-refractivity contribution in [2.75, 3.05) is 11.5 Å². The number of thioether (sulfide) groups is 1. The molecule has 1 atom stereocenters. The van der Waals surface area contributed by atoms with Crippen molar-refractivity contribution in [3.63, 3.8) is 0 Å². The topological polar surface area (TPSA) is 12.0 Å². The van der Waals surface area contributed by atoms with Gasteiger partial charge in [-0.15, -0.1) is 0 Å². The minimum atomic E-state index is 0.741. The summed E-state index contributed by atoms with van der Waals surface area (Å²) in [6, 6.07) is 11.4. The van der Waals surface area contributed by atoms with Crippen LogP contribution in [0.15, 0.2) is 30.3 Å². The van der Waals surface area contributed by atoms with Crippen molar-refractivity contribution in [1.29, 1.82) is 0 Å². The molecule has 1 N–H and O–H groups in total. The first kappa shape index (κ1) is 9.10. The van der Waals surface area contributed by atoms with Gasteiger partial charge >= 0.3 is 0 Å². The molecule has 2 heteroatoms. The Bertz CT molecular complexity index is 242. The molecule has 13 heavy (non-hydrogen) atoms. The summed E-state index contributed by atoms with van der Waals surface area (Å²) in [6.07, 6.45) is 1.33. The zero-order valence-corrected chi connectivity index (χ0v) is 8.52. The number of nitrogens with one attached hydrogen (secondary N) is 1. The van der Waals surface area contributed by atoms with Crippen molar-refractivity contribution in [1.82, 2.24) is 5.32 Å². The van der Waals surface area contributed by atoms with Gasteiger partial charge < -0.3 is 5.32 Å². The summed E-state index contributed by atoms with van der Waals surface area (Å²) in [5, 5.41) is 3.58. The Hall–Kier alpha value is -0.470. The summed E-state index contributed by atoms with van der Waals surface area (Å²) in [7, 11) is 0. The van der Waals surface area contributed by atoms with Crippen LogP contribution in [0.25, 0.3) is 0 Å². The van der Waals surface area contributed by atoms with E-state index in [9.17, 15) is 0 Å². The van der Waals surface area contributed by atoms with E-state index in [-0.39, 0.29) is 0 Å². The van der Waals surface area contributed by atoms with E-state index < -0.39 is 0 Å². The van der Waals surface area contributed by atoms with Crippen molar-refractivity contribution in [2.45, 2.75) is 19.0 Å². The van der Waals surface area contributed by atoms with Crippen LogP contribution in [0.3, 0.4) is 0 Å². The molecule has 1 heterocycles. The third kappa shape index (κ3) is 2.75.